The SMILES string of the molecule is Cc1cc2oc(=O)cc(CSCC(=O)Nc3c(F)cccc3F)c2cc1C. The average molecular weight is 389 g/mol. The molecule has 0 aliphatic carbocycles. The van der Waals surface area contributed by atoms with Gasteiger partial charge in [-0.1, -0.05) is 6.07 Å². The van der Waals surface area contributed by atoms with Crippen LogP contribution in [0.4, 0.5) is 14.5 Å². The van der Waals surface area contributed by atoms with Gasteiger partial charge in [0.25, 0.3) is 0 Å². The molecular weight excluding hydrogens is 372 g/mol. The van der Waals surface area contributed by atoms with Crippen LogP contribution >= 0.6 is 11.8 Å². The topological polar surface area (TPSA) is 59.3 Å². The fourth-order valence-electron chi connectivity index (χ4n) is 2.65. The maximum absolute atomic E-state index is 13.6. The summed E-state index contributed by atoms with van der Waals surface area (Å²) in [5.74, 6) is -1.81. The summed E-state index contributed by atoms with van der Waals surface area (Å²) in [4.78, 5) is 23.8. The van der Waals surface area contributed by atoms with E-state index in [1.165, 1.54) is 23.9 Å². The van der Waals surface area contributed by atoms with Gasteiger partial charge in [-0.15, -0.1) is 11.8 Å². The van der Waals surface area contributed by atoms with E-state index in [-0.39, 0.29) is 5.75 Å². The quantitative estimate of drug-likeness (QED) is 0.650. The van der Waals surface area contributed by atoms with E-state index >= 15 is 0 Å². The molecule has 0 saturated carbocycles. The first kappa shape index (κ1) is 19.1. The first-order valence-corrected chi connectivity index (χ1v) is 9.36. The Morgan fingerprint density at radius 3 is 2.48 bits per heavy atom. The van der Waals surface area contributed by atoms with Crippen molar-refractivity contribution < 1.29 is 18.0 Å². The summed E-state index contributed by atoms with van der Waals surface area (Å²) < 4.78 is 32.4. The van der Waals surface area contributed by atoms with Gasteiger partial charge in [-0.05, 0) is 54.8 Å². The number of fused-ring (bicyclic) bond motifs is 1. The number of benzene rings is 2. The molecule has 27 heavy (non-hydrogen) atoms. The molecule has 3 rings (SSSR count). The average Bonchev–Trinajstić information content (AvgIpc) is 2.60. The predicted octanol–water partition coefficient (Wildman–Crippen LogP) is 4.56. The number of nitrogens with one attached hydrogen (secondary N) is 1. The van der Waals surface area contributed by atoms with Gasteiger partial charge in [0.2, 0.25) is 5.91 Å². The van der Waals surface area contributed by atoms with E-state index in [0.29, 0.717) is 11.3 Å². The van der Waals surface area contributed by atoms with Crippen LogP contribution in [-0.4, -0.2) is 11.7 Å². The Morgan fingerprint density at radius 2 is 1.78 bits per heavy atom. The summed E-state index contributed by atoms with van der Waals surface area (Å²) in [6, 6.07) is 8.53. The predicted molar refractivity (Wildman–Crippen MR) is 103 cm³/mol. The molecule has 0 bridgehead atoms. The fourth-order valence-corrected chi connectivity index (χ4v) is 3.47. The molecule has 0 aliphatic rings. The third kappa shape index (κ3) is 4.36. The van der Waals surface area contributed by atoms with Gasteiger partial charge in [0, 0.05) is 17.2 Å². The van der Waals surface area contributed by atoms with Crippen LogP contribution in [0.25, 0.3) is 11.0 Å². The largest absolute Gasteiger partial charge is 0.423 e. The lowest BCUT2D eigenvalue weighted by molar-refractivity contribution is -0.113. The van der Waals surface area contributed by atoms with Crippen molar-refractivity contribution in [1.82, 2.24) is 0 Å². The van der Waals surface area contributed by atoms with Gasteiger partial charge in [0.15, 0.2) is 0 Å². The molecule has 4 nitrogen and oxygen atoms in total. The standard InChI is InChI=1S/C20H17F2NO3S/c1-11-6-14-13(8-19(25)26-17(14)7-12(11)2)9-27-10-18(24)23-20-15(21)4-3-5-16(20)22/h3-8H,9-10H2,1-2H3,(H,23,24). The lowest BCUT2D eigenvalue weighted by Gasteiger charge is -2.09. The number of rotatable bonds is 5. The number of anilines is 1. The molecule has 2 aromatic carbocycles. The summed E-state index contributed by atoms with van der Waals surface area (Å²) >= 11 is 1.24. The maximum atomic E-state index is 13.6. The second-order valence-electron chi connectivity index (χ2n) is 6.16. The lowest BCUT2D eigenvalue weighted by atomic mass is 10.0. The monoisotopic (exact) mass is 389 g/mol. The number of aryl methyl sites for hydroxylation is 2. The minimum Gasteiger partial charge on any atom is -0.423 e. The van der Waals surface area contributed by atoms with Crippen LogP contribution in [0.5, 0.6) is 0 Å². The Kier molecular flexibility index (Phi) is 5.60. The number of carbonyl (C=O) groups excluding carboxylic acids is 1. The van der Waals surface area contributed by atoms with Gasteiger partial charge in [-0.25, -0.2) is 13.6 Å². The van der Waals surface area contributed by atoms with Gasteiger partial charge in [0.1, 0.15) is 22.9 Å². The van der Waals surface area contributed by atoms with Crippen molar-refractivity contribution in [3.05, 3.63) is 75.1 Å². The van der Waals surface area contributed by atoms with Crippen molar-refractivity contribution in [2.75, 3.05) is 11.1 Å². The van der Waals surface area contributed by atoms with Crippen molar-refractivity contribution in [2.45, 2.75) is 19.6 Å². The van der Waals surface area contributed by atoms with Gasteiger partial charge in [-0.2, -0.15) is 0 Å². The van der Waals surface area contributed by atoms with Crippen molar-refractivity contribution in [1.29, 1.82) is 0 Å². The van der Waals surface area contributed by atoms with Crippen LogP contribution in [0.3, 0.4) is 0 Å². The normalized spacial score (nSPS) is 11.0. The molecule has 0 fully saturated rings. The molecule has 1 aromatic heterocycles. The third-order valence-corrected chi connectivity index (χ3v) is 5.14. The molecule has 1 amide bonds. The van der Waals surface area contributed by atoms with Gasteiger partial charge >= 0.3 is 5.63 Å². The zero-order chi connectivity index (χ0) is 19.6. The smallest absolute Gasteiger partial charge is 0.336 e. The second kappa shape index (κ2) is 7.92. The zero-order valence-corrected chi connectivity index (χ0v) is 15.6. The van der Waals surface area contributed by atoms with Crippen molar-refractivity contribution >= 4 is 34.3 Å². The molecule has 0 spiro atoms. The summed E-state index contributed by atoms with van der Waals surface area (Å²) in [6.45, 7) is 3.90. The van der Waals surface area contributed by atoms with Gasteiger partial charge in [-0.3, -0.25) is 4.79 Å². The molecule has 0 aliphatic heterocycles. The van der Waals surface area contributed by atoms with E-state index in [1.54, 1.807) is 0 Å². The Balaban J connectivity index is 1.71. The molecule has 140 valence electrons. The minimum atomic E-state index is -0.828. The van der Waals surface area contributed by atoms with Gasteiger partial charge < -0.3 is 9.73 Å². The number of hydrogen-bond acceptors (Lipinski definition) is 4. The van der Waals surface area contributed by atoms with E-state index in [4.69, 9.17) is 4.42 Å². The number of amides is 1. The van der Waals surface area contributed by atoms with E-state index in [1.807, 2.05) is 26.0 Å². The van der Waals surface area contributed by atoms with Crippen molar-refractivity contribution in [3.63, 3.8) is 0 Å². The highest BCUT2D eigenvalue weighted by atomic mass is 32.2. The molecule has 0 atom stereocenters. The number of thioether (sulfide) groups is 1. The fraction of sp³-hybridized carbons (Fsp3) is 0.200. The van der Waals surface area contributed by atoms with Crippen LogP contribution in [0, 0.1) is 25.5 Å². The molecule has 0 unspecified atom stereocenters. The minimum absolute atomic E-state index is 0.0136. The van der Waals surface area contributed by atoms with Crippen LogP contribution in [0.15, 0.2) is 45.6 Å². The van der Waals surface area contributed by atoms with E-state index < -0.39 is 28.9 Å². The summed E-state index contributed by atoms with van der Waals surface area (Å²) in [5, 5.41) is 3.05. The Bertz CT molecular complexity index is 1060. The van der Waals surface area contributed by atoms with Crippen molar-refractivity contribution in [3.8, 4) is 0 Å². The van der Waals surface area contributed by atoms with Crippen LogP contribution < -0.4 is 10.9 Å². The van der Waals surface area contributed by atoms with E-state index in [9.17, 15) is 18.4 Å². The summed E-state index contributed by atoms with van der Waals surface area (Å²) in [5.41, 5.74) is 2.41. The third-order valence-electron chi connectivity index (χ3n) is 4.16. The second-order valence-corrected chi connectivity index (χ2v) is 7.15. The summed E-state index contributed by atoms with van der Waals surface area (Å²) in [6.07, 6.45) is 0. The highest BCUT2D eigenvalue weighted by Crippen LogP contribution is 2.25. The first-order chi connectivity index (χ1) is 12.8. The Morgan fingerprint density at radius 1 is 1.11 bits per heavy atom. The molecule has 3 aromatic rings. The summed E-state index contributed by atoms with van der Waals surface area (Å²) in [7, 11) is 0. The number of halogens is 2. The maximum Gasteiger partial charge on any atom is 0.336 e. The molecular formula is C20H17F2NO3S. The zero-order valence-electron chi connectivity index (χ0n) is 14.8. The Hall–Kier alpha value is -2.67. The molecule has 1 heterocycles. The van der Waals surface area contributed by atoms with Crippen LogP contribution in [0.1, 0.15) is 16.7 Å². The van der Waals surface area contributed by atoms with Gasteiger partial charge in [0.05, 0.1) is 5.75 Å². The molecule has 7 heteroatoms. The first-order valence-electron chi connectivity index (χ1n) is 8.20. The molecule has 0 radical (unpaired) electrons. The number of carbonyl (C=O) groups is 1. The Labute approximate surface area is 158 Å². The highest BCUT2D eigenvalue weighted by molar-refractivity contribution is 7.99. The van der Waals surface area contributed by atoms with Crippen molar-refractivity contribution in [2.24, 2.45) is 0 Å². The van der Waals surface area contributed by atoms with E-state index in [0.717, 1.165) is 34.2 Å². The molecule has 0 saturated heterocycles. The van der Waals surface area contributed by atoms with Crippen LogP contribution in [-0.2, 0) is 10.5 Å². The van der Waals surface area contributed by atoms with Crippen LogP contribution in [0.2, 0.25) is 0 Å². The highest BCUT2D eigenvalue weighted by Gasteiger charge is 2.13. The number of hydrogen-bond donors (Lipinski definition) is 1. The molecule has 1 N–H and O–H groups in total. The lowest BCUT2D eigenvalue weighted by Crippen LogP contribution is -2.16. The number of para-hydroxylation sites is 1. The van der Waals surface area contributed by atoms with E-state index in [2.05, 4.69) is 5.32 Å².